The lowest BCUT2D eigenvalue weighted by atomic mass is 10.3. The number of nitrogens with one attached hydrogen (secondary N) is 1. The first-order valence-corrected chi connectivity index (χ1v) is 4.04. The van der Waals surface area contributed by atoms with Gasteiger partial charge in [-0.2, -0.15) is 0 Å². The molecule has 5 heteroatoms. The number of anilines is 1. The zero-order chi connectivity index (χ0) is 9.84. The molecule has 0 aliphatic heterocycles. The smallest absolute Gasteiger partial charge is 0.276 e. The van der Waals surface area contributed by atoms with Crippen LogP contribution in [-0.4, -0.2) is 15.9 Å². The molecule has 0 radical (unpaired) electrons. The standard InChI is InChI=1S/C8H9N3OS/c1-5-2-3-10-6(4-5)11-8(13)7(9)12/h2-4H,1H3,(H2,9,12)(H,10,11,13). The molecule has 13 heavy (non-hydrogen) atoms. The molecule has 0 atom stereocenters. The summed E-state index contributed by atoms with van der Waals surface area (Å²) in [7, 11) is 0. The molecule has 3 N–H and O–H groups in total. The first kappa shape index (κ1) is 9.60. The van der Waals surface area contributed by atoms with Gasteiger partial charge >= 0.3 is 0 Å². The fourth-order valence-electron chi connectivity index (χ4n) is 0.782. The highest BCUT2D eigenvalue weighted by atomic mass is 32.1. The first-order chi connectivity index (χ1) is 6.09. The second-order valence-electron chi connectivity index (χ2n) is 2.54. The molecule has 4 nitrogen and oxygen atoms in total. The minimum absolute atomic E-state index is 0.0295. The number of nitrogens with zero attached hydrogens (tertiary/aromatic N) is 1. The Hall–Kier alpha value is -1.49. The van der Waals surface area contributed by atoms with E-state index in [1.807, 2.05) is 13.0 Å². The fraction of sp³-hybridized carbons (Fsp3) is 0.125. The maximum absolute atomic E-state index is 10.6. The van der Waals surface area contributed by atoms with Crippen LogP contribution in [0.25, 0.3) is 0 Å². The van der Waals surface area contributed by atoms with E-state index in [-0.39, 0.29) is 4.99 Å². The van der Waals surface area contributed by atoms with Crippen molar-refractivity contribution < 1.29 is 4.79 Å². The number of hydrogen-bond acceptors (Lipinski definition) is 3. The second-order valence-corrected chi connectivity index (χ2v) is 2.95. The Morgan fingerprint density at radius 1 is 1.69 bits per heavy atom. The average Bonchev–Trinajstić information content (AvgIpc) is 2.04. The SMILES string of the molecule is Cc1ccnc(NC(=S)C(N)=O)c1. The molecule has 0 unspecified atom stereocenters. The zero-order valence-corrected chi connectivity index (χ0v) is 7.89. The summed E-state index contributed by atoms with van der Waals surface area (Å²) in [6, 6.07) is 3.62. The van der Waals surface area contributed by atoms with Crippen molar-refractivity contribution in [3.63, 3.8) is 0 Å². The third-order valence-corrected chi connectivity index (χ3v) is 1.68. The van der Waals surface area contributed by atoms with Gasteiger partial charge in [0.05, 0.1) is 0 Å². The highest BCUT2D eigenvalue weighted by Gasteiger charge is 2.03. The summed E-state index contributed by atoms with van der Waals surface area (Å²) in [5.74, 6) is -0.123. The number of thiocarbonyl (C=S) groups is 1. The van der Waals surface area contributed by atoms with E-state index in [9.17, 15) is 4.79 Å². The molecule has 0 aromatic carbocycles. The molecule has 0 aliphatic rings. The van der Waals surface area contributed by atoms with E-state index >= 15 is 0 Å². The third-order valence-electron chi connectivity index (χ3n) is 1.38. The predicted molar refractivity (Wildman–Crippen MR) is 54.4 cm³/mol. The minimum atomic E-state index is -0.654. The van der Waals surface area contributed by atoms with Gasteiger partial charge in [-0.25, -0.2) is 4.98 Å². The monoisotopic (exact) mass is 195 g/mol. The van der Waals surface area contributed by atoms with Crippen LogP contribution >= 0.6 is 12.2 Å². The quantitative estimate of drug-likeness (QED) is 0.644. The summed E-state index contributed by atoms with van der Waals surface area (Å²) in [6.07, 6.45) is 1.63. The van der Waals surface area contributed by atoms with Crippen molar-refractivity contribution in [3.05, 3.63) is 23.9 Å². The van der Waals surface area contributed by atoms with Gasteiger partial charge in [0.1, 0.15) is 5.82 Å². The predicted octanol–water partition coefficient (Wildman–Crippen LogP) is 0.615. The van der Waals surface area contributed by atoms with Crippen LogP contribution in [-0.2, 0) is 4.79 Å². The Bertz CT molecular complexity index is 351. The average molecular weight is 195 g/mol. The molecule has 68 valence electrons. The van der Waals surface area contributed by atoms with Gasteiger partial charge in [0.25, 0.3) is 5.91 Å². The number of primary amides is 1. The molecule has 0 fully saturated rings. The van der Waals surface area contributed by atoms with Crippen LogP contribution in [0.15, 0.2) is 18.3 Å². The Balaban J connectivity index is 2.75. The molecule has 0 aliphatic carbocycles. The van der Waals surface area contributed by atoms with E-state index in [1.165, 1.54) is 0 Å². The summed E-state index contributed by atoms with van der Waals surface area (Å²) in [4.78, 5) is 14.5. The number of hydrogen-bond donors (Lipinski definition) is 2. The number of rotatable bonds is 1. The lowest BCUT2D eigenvalue weighted by Gasteiger charge is -2.03. The van der Waals surface area contributed by atoms with E-state index in [0.717, 1.165) is 5.56 Å². The molecule has 0 saturated carbocycles. The van der Waals surface area contributed by atoms with Gasteiger partial charge in [-0.3, -0.25) is 4.79 Å². The topological polar surface area (TPSA) is 68.0 Å². The van der Waals surface area contributed by atoms with Gasteiger partial charge in [-0.15, -0.1) is 0 Å². The molecule has 1 rings (SSSR count). The number of aryl methyl sites for hydroxylation is 1. The van der Waals surface area contributed by atoms with E-state index in [0.29, 0.717) is 5.82 Å². The molecular formula is C8H9N3OS. The number of pyridine rings is 1. The lowest BCUT2D eigenvalue weighted by Crippen LogP contribution is -2.28. The van der Waals surface area contributed by atoms with Crippen LogP contribution in [0.1, 0.15) is 5.56 Å². The molecule has 0 bridgehead atoms. The number of nitrogens with two attached hydrogens (primary N) is 1. The Morgan fingerprint density at radius 3 is 2.92 bits per heavy atom. The largest absolute Gasteiger partial charge is 0.364 e. The summed E-state index contributed by atoms with van der Waals surface area (Å²) < 4.78 is 0. The molecule has 1 amide bonds. The molecule has 1 heterocycles. The molecule has 0 saturated heterocycles. The molecule has 1 aromatic rings. The normalized spacial score (nSPS) is 9.31. The van der Waals surface area contributed by atoms with E-state index in [4.69, 9.17) is 5.73 Å². The number of aromatic nitrogens is 1. The van der Waals surface area contributed by atoms with Crippen LogP contribution in [0.3, 0.4) is 0 Å². The van der Waals surface area contributed by atoms with Crippen molar-refractivity contribution in [1.82, 2.24) is 4.98 Å². The van der Waals surface area contributed by atoms with Crippen molar-refractivity contribution in [2.75, 3.05) is 5.32 Å². The van der Waals surface area contributed by atoms with Crippen molar-refractivity contribution in [1.29, 1.82) is 0 Å². The van der Waals surface area contributed by atoms with Gasteiger partial charge in [0, 0.05) is 6.20 Å². The maximum atomic E-state index is 10.6. The second kappa shape index (κ2) is 3.95. The number of carbonyl (C=O) groups is 1. The van der Waals surface area contributed by atoms with Crippen LogP contribution < -0.4 is 11.1 Å². The summed E-state index contributed by atoms with van der Waals surface area (Å²) in [5.41, 5.74) is 5.98. The first-order valence-electron chi connectivity index (χ1n) is 3.63. The van der Waals surface area contributed by atoms with Crippen molar-refractivity contribution in [2.45, 2.75) is 6.92 Å². The zero-order valence-electron chi connectivity index (χ0n) is 7.07. The summed E-state index contributed by atoms with van der Waals surface area (Å²) in [5, 5.41) is 2.63. The number of amides is 1. The van der Waals surface area contributed by atoms with Gasteiger partial charge in [-0.05, 0) is 24.6 Å². The highest BCUT2D eigenvalue weighted by Crippen LogP contribution is 2.04. The lowest BCUT2D eigenvalue weighted by molar-refractivity contribution is -0.111. The van der Waals surface area contributed by atoms with Gasteiger partial charge < -0.3 is 11.1 Å². The Labute approximate surface area is 81.2 Å². The summed E-state index contributed by atoms with van der Waals surface area (Å²) >= 11 is 4.68. The van der Waals surface area contributed by atoms with E-state index < -0.39 is 5.91 Å². The molecule has 1 aromatic heterocycles. The van der Waals surface area contributed by atoms with Crippen molar-refractivity contribution in [3.8, 4) is 0 Å². The van der Waals surface area contributed by atoms with Crippen molar-refractivity contribution >= 4 is 28.9 Å². The highest BCUT2D eigenvalue weighted by molar-refractivity contribution is 7.82. The maximum Gasteiger partial charge on any atom is 0.276 e. The van der Waals surface area contributed by atoms with E-state index in [1.54, 1.807) is 12.3 Å². The Kier molecular flexibility index (Phi) is 2.92. The Morgan fingerprint density at radius 2 is 2.38 bits per heavy atom. The number of carbonyl (C=O) groups excluding carboxylic acids is 1. The molecule has 0 spiro atoms. The molecular weight excluding hydrogens is 186 g/mol. The summed E-state index contributed by atoms with van der Waals surface area (Å²) in [6.45, 7) is 1.92. The van der Waals surface area contributed by atoms with Crippen molar-refractivity contribution in [2.24, 2.45) is 5.73 Å². The van der Waals surface area contributed by atoms with Crippen LogP contribution in [0.2, 0.25) is 0 Å². The van der Waals surface area contributed by atoms with E-state index in [2.05, 4.69) is 22.5 Å². The van der Waals surface area contributed by atoms with Crippen LogP contribution in [0, 0.1) is 6.92 Å². The van der Waals surface area contributed by atoms with Crippen LogP contribution in [0.4, 0.5) is 5.82 Å². The van der Waals surface area contributed by atoms with Gasteiger partial charge in [0.15, 0.2) is 4.99 Å². The van der Waals surface area contributed by atoms with Crippen LogP contribution in [0.5, 0.6) is 0 Å². The van der Waals surface area contributed by atoms with Gasteiger partial charge in [-0.1, -0.05) is 12.2 Å². The third kappa shape index (κ3) is 2.79. The fourth-order valence-corrected chi connectivity index (χ4v) is 0.887. The minimum Gasteiger partial charge on any atom is -0.364 e. The van der Waals surface area contributed by atoms with Gasteiger partial charge in [0.2, 0.25) is 0 Å².